The first-order valence-electron chi connectivity index (χ1n) is 13.0. The number of rotatable bonds is 7. The Morgan fingerprint density at radius 2 is 1.65 bits per heavy atom. The van der Waals surface area contributed by atoms with Crippen molar-refractivity contribution in [1.29, 1.82) is 0 Å². The molecule has 0 N–H and O–H groups in total. The van der Waals surface area contributed by atoms with Crippen LogP contribution in [-0.4, -0.2) is 45.7 Å². The molecule has 0 saturated carbocycles. The molecule has 5 rings (SSSR count). The molecule has 3 aromatic carbocycles. The van der Waals surface area contributed by atoms with Gasteiger partial charge in [0.1, 0.15) is 16.4 Å². The fourth-order valence-electron chi connectivity index (χ4n) is 4.96. The summed E-state index contributed by atoms with van der Waals surface area (Å²) in [7, 11) is 0. The highest BCUT2D eigenvalue weighted by Crippen LogP contribution is 2.32. The molecule has 206 valence electrons. The van der Waals surface area contributed by atoms with Gasteiger partial charge in [0.15, 0.2) is 0 Å². The number of alkyl halides is 3. The number of aromatic nitrogens is 1. The van der Waals surface area contributed by atoms with Crippen LogP contribution in [0.4, 0.5) is 13.2 Å². The minimum atomic E-state index is -4.47. The molecule has 1 aliphatic heterocycles. The lowest BCUT2D eigenvalue weighted by Gasteiger charge is -2.41. The Morgan fingerprint density at radius 1 is 0.975 bits per heavy atom. The highest BCUT2D eigenvalue weighted by Gasteiger charge is 2.36. The lowest BCUT2D eigenvalue weighted by molar-refractivity contribution is -0.139. The van der Waals surface area contributed by atoms with Gasteiger partial charge in [0.2, 0.25) is 5.91 Å². The summed E-state index contributed by atoms with van der Waals surface area (Å²) in [5.41, 5.74) is 2.26. The van der Waals surface area contributed by atoms with E-state index in [4.69, 9.17) is 0 Å². The predicted molar refractivity (Wildman–Crippen MR) is 149 cm³/mol. The summed E-state index contributed by atoms with van der Waals surface area (Å²) in [5, 5.41) is 0.733. The molecule has 1 aliphatic rings. The monoisotopic (exact) mass is 563 g/mol. The number of carbonyl (C=O) groups excluding carboxylic acids is 2. The fraction of sp³-hybridized carbons (Fsp3) is 0.258. The molecule has 1 atom stereocenters. The predicted octanol–water partition coefficient (Wildman–Crippen LogP) is 6.62. The standard InChI is InChI=1S/C31H28F3N3O2S/c1-21-28(40-29(35-21)24-12-6-3-7-13-24)30(39)36-19-26(16-15-22-9-4-2-5-10-22)37(27(38)20-36)18-23-11-8-14-25(17-23)31(32,33)34/h2-14,17,26H,15-16,18-20H2,1H3/t26-/m0/s1. The average Bonchev–Trinajstić information content (AvgIpc) is 3.35. The topological polar surface area (TPSA) is 53.5 Å². The zero-order chi connectivity index (χ0) is 28.3. The summed E-state index contributed by atoms with van der Waals surface area (Å²) in [6, 6.07) is 24.1. The van der Waals surface area contributed by atoms with Gasteiger partial charge < -0.3 is 9.80 Å². The number of aryl methyl sites for hydroxylation is 2. The molecule has 40 heavy (non-hydrogen) atoms. The average molecular weight is 564 g/mol. The molecule has 0 aliphatic carbocycles. The van der Waals surface area contributed by atoms with E-state index in [1.54, 1.807) is 22.8 Å². The Morgan fingerprint density at radius 3 is 2.35 bits per heavy atom. The number of carbonyl (C=O) groups is 2. The minimum Gasteiger partial charge on any atom is -0.332 e. The van der Waals surface area contributed by atoms with Gasteiger partial charge in [-0.1, -0.05) is 72.8 Å². The van der Waals surface area contributed by atoms with Crippen LogP contribution in [-0.2, 0) is 23.9 Å². The number of hydrogen-bond acceptors (Lipinski definition) is 4. The molecule has 0 bridgehead atoms. The van der Waals surface area contributed by atoms with Gasteiger partial charge in [0.05, 0.1) is 17.3 Å². The molecule has 2 amide bonds. The SMILES string of the molecule is Cc1nc(-c2ccccc2)sc1C(=O)N1CC(=O)N(Cc2cccc(C(F)(F)F)c2)[C@@H](CCc2ccccc2)C1. The van der Waals surface area contributed by atoms with Gasteiger partial charge in [-0.05, 0) is 43.0 Å². The second-order valence-electron chi connectivity index (χ2n) is 9.88. The van der Waals surface area contributed by atoms with Gasteiger partial charge in [-0.3, -0.25) is 9.59 Å². The summed E-state index contributed by atoms with van der Waals surface area (Å²) in [4.78, 5) is 35.4. The van der Waals surface area contributed by atoms with Crippen LogP contribution in [0.3, 0.4) is 0 Å². The van der Waals surface area contributed by atoms with Crippen LogP contribution >= 0.6 is 11.3 Å². The highest BCUT2D eigenvalue weighted by molar-refractivity contribution is 7.17. The van der Waals surface area contributed by atoms with Crippen molar-refractivity contribution in [3.63, 3.8) is 0 Å². The molecule has 0 spiro atoms. The number of nitrogens with zero attached hydrogens (tertiary/aromatic N) is 3. The number of halogens is 3. The number of benzene rings is 3. The van der Waals surface area contributed by atoms with E-state index in [2.05, 4.69) is 4.98 Å². The first-order valence-corrected chi connectivity index (χ1v) is 13.8. The first kappa shape index (κ1) is 27.6. The van der Waals surface area contributed by atoms with E-state index >= 15 is 0 Å². The van der Waals surface area contributed by atoms with E-state index < -0.39 is 11.7 Å². The molecule has 1 aromatic heterocycles. The zero-order valence-corrected chi connectivity index (χ0v) is 22.7. The van der Waals surface area contributed by atoms with E-state index in [1.807, 2.05) is 60.7 Å². The molecule has 9 heteroatoms. The van der Waals surface area contributed by atoms with Crippen LogP contribution in [0.2, 0.25) is 0 Å². The molecular formula is C31H28F3N3O2S. The van der Waals surface area contributed by atoms with Crippen molar-refractivity contribution >= 4 is 23.2 Å². The molecule has 5 nitrogen and oxygen atoms in total. The van der Waals surface area contributed by atoms with Crippen molar-refractivity contribution in [1.82, 2.24) is 14.8 Å². The number of amides is 2. The van der Waals surface area contributed by atoms with E-state index in [9.17, 15) is 22.8 Å². The largest absolute Gasteiger partial charge is 0.416 e. The Balaban J connectivity index is 1.39. The lowest BCUT2D eigenvalue weighted by Crippen LogP contribution is -2.57. The lowest BCUT2D eigenvalue weighted by atomic mass is 10.00. The molecular weight excluding hydrogens is 535 g/mol. The Hall–Kier alpha value is -3.98. The number of hydrogen-bond donors (Lipinski definition) is 0. The summed E-state index contributed by atoms with van der Waals surface area (Å²) < 4.78 is 40.0. The van der Waals surface area contributed by atoms with E-state index in [-0.39, 0.29) is 37.5 Å². The van der Waals surface area contributed by atoms with Crippen molar-refractivity contribution in [2.75, 3.05) is 13.1 Å². The van der Waals surface area contributed by atoms with Gasteiger partial charge in [0.25, 0.3) is 5.91 Å². The molecule has 0 unspecified atom stereocenters. The summed E-state index contributed by atoms with van der Waals surface area (Å²) >= 11 is 1.30. The normalized spacial score (nSPS) is 15.9. The van der Waals surface area contributed by atoms with Gasteiger partial charge >= 0.3 is 6.18 Å². The van der Waals surface area contributed by atoms with Crippen molar-refractivity contribution in [2.45, 2.75) is 38.5 Å². The number of thiazole rings is 1. The first-order chi connectivity index (χ1) is 19.2. The van der Waals surface area contributed by atoms with Crippen molar-refractivity contribution in [3.8, 4) is 10.6 Å². The fourth-order valence-corrected chi connectivity index (χ4v) is 6.00. The maximum absolute atomic E-state index is 13.7. The molecule has 4 aromatic rings. The van der Waals surface area contributed by atoms with Crippen LogP contribution in [0, 0.1) is 6.92 Å². The van der Waals surface area contributed by atoms with Gasteiger partial charge in [-0.25, -0.2) is 4.98 Å². The summed E-state index contributed by atoms with van der Waals surface area (Å²) in [5.74, 6) is -0.547. The van der Waals surface area contributed by atoms with E-state index in [0.717, 1.165) is 28.3 Å². The Bertz CT molecular complexity index is 1490. The van der Waals surface area contributed by atoms with Crippen LogP contribution in [0.15, 0.2) is 84.9 Å². The smallest absolute Gasteiger partial charge is 0.332 e. The van der Waals surface area contributed by atoms with Crippen molar-refractivity contribution in [2.24, 2.45) is 0 Å². The van der Waals surface area contributed by atoms with Gasteiger partial charge in [-0.2, -0.15) is 13.2 Å². The Labute approximate surface area is 234 Å². The zero-order valence-electron chi connectivity index (χ0n) is 21.9. The molecule has 0 radical (unpaired) electrons. The summed E-state index contributed by atoms with van der Waals surface area (Å²) in [6.07, 6.45) is -3.24. The second kappa shape index (κ2) is 11.6. The van der Waals surface area contributed by atoms with Gasteiger partial charge in [-0.15, -0.1) is 11.3 Å². The third-order valence-electron chi connectivity index (χ3n) is 7.03. The van der Waals surface area contributed by atoms with Crippen LogP contribution in [0.1, 0.15) is 38.5 Å². The van der Waals surface area contributed by atoms with Crippen LogP contribution in [0.5, 0.6) is 0 Å². The third-order valence-corrected chi connectivity index (χ3v) is 8.23. The van der Waals surface area contributed by atoms with E-state index in [0.29, 0.717) is 29.0 Å². The Kier molecular flexibility index (Phi) is 8.02. The quantitative estimate of drug-likeness (QED) is 0.254. The number of piperazine rings is 1. The maximum Gasteiger partial charge on any atom is 0.416 e. The maximum atomic E-state index is 13.7. The third kappa shape index (κ3) is 6.25. The molecule has 2 heterocycles. The molecule has 1 saturated heterocycles. The summed E-state index contributed by atoms with van der Waals surface area (Å²) in [6.45, 7) is 1.97. The van der Waals surface area contributed by atoms with Gasteiger partial charge in [0, 0.05) is 18.7 Å². The van der Waals surface area contributed by atoms with E-state index in [1.165, 1.54) is 17.4 Å². The van der Waals surface area contributed by atoms with Crippen molar-refractivity contribution < 1.29 is 22.8 Å². The molecule has 1 fully saturated rings. The minimum absolute atomic E-state index is 0.0436. The van der Waals surface area contributed by atoms with Crippen molar-refractivity contribution in [3.05, 3.63) is 112 Å². The van der Waals surface area contributed by atoms with Crippen LogP contribution < -0.4 is 0 Å². The highest BCUT2D eigenvalue weighted by atomic mass is 32.1. The van der Waals surface area contributed by atoms with Crippen LogP contribution in [0.25, 0.3) is 10.6 Å². The second-order valence-corrected chi connectivity index (χ2v) is 10.9.